The zero-order chi connectivity index (χ0) is 19.7. The molecule has 0 aliphatic carbocycles. The number of primary amides is 1. The van der Waals surface area contributed by atoms with Gasteiger partial charge in [-0.2, -0.15) is 0 Å². The van der Waals surface area contributed by atoms with Crippen molar-refractivity contribution in [2.45, 2.75) is 19.5 Å². The van der Waals surface area contributed by atoms with Crippen molar-refractivity contribution in [1.82, 2.24) is 14.9 Å². The highest BCUT2D eigenvalue weighted by Crippen LogP contribution is 2.37. The van der Waals surface area contributed by atoms with Crippen LogP contribution in [0.4, 0.5) is 16.3 Å². The highest BCUT2D eigenvalue weighted by atomic mass is 16.2. The number of nitrogens with two attached hydrogens (primary N) is 1. The fourth-order valence-corrected chi connectivity index (χ4v) is 3.44. The Morgan fingerprint density at radius 1 is 1.07 bits per heavy atom. The van der Waals surface area contributed by atoms with Crippen molar-refractivity contribution in [2.75, 3.05) is 4.90 Å². The van der Waals surface area contributed by atoms with Crippen LogP contribution in [0.5, 0.6) is 0 Å². The summed E-state index contributed by atoms with van der Waals surface area (Å²) in [5, 5.41) is 0. The molecule has 1 aliphatic heterocycles. The van der Waals surface area contributed by atoms with Crippen LogP contribution in [0.25, 0.3) is 0 Å². The average Bonchev–Trinajstić information content (AvgIpc) is 2.73. The van der Waals surface area contributed by atoms with Crippen molar-refractivity contribution in [2.24, 2.45) is 5.73 Å². The van der Waals surface area contributed by atoms with E-state index >= 15 is 0 Å². The van der Waals surface area contributed by atoms with Crippen LogP contribution in [-0.4, -0.2) is 26.8 Å². The summed E-state index contributed by atoms with van der Waals surface area (Å²) in [5.41, 5.74) is 8.11. The van der Waals surface area contributed by atoms with Gasteiger partial charge in [0.05, 0.1) is 23.8 Å². The Bertz CT molecular complexity index is 1040. The topological polar surface area (TPSA) is 92.4 Å². The summed E-state index contributed by atoms with van der Waals surface area (Å²) in [6, 6.07) is 13.9. The maximum absolute atomic E-state index is 13.5. The van der Waals surface area contributed by atoms with Crippen molar-refractivity contribution in [3.8, 4) is 0 Å². The van der Waals surface area contributed by atoms with Gasteiger partial charge in [0.25, 0.3) is 5.91 Å². The van der Waals surface area contributed by atoms with Crippen LogP contribution in [0, 0.1) is 0 Å². The number of rotatable bonds is 4. The molecule has 2 aromatic heterocycles. The van der Waals surface area contributed by atoms with Crippen LogP contribution < -0.4 is 10.6 Å². The molecule has 1 atom stereocenters. The van der Waals surface area contributed by atoms with Gasteiger partial charge in [-0.05, 0) is 42.8 Å². The quantitative estimate of drug-likeness (QED) is 0.758. The summed E-state index contributed by atoms with van der Waals surface area (Å²) in [7, 11) is 0. The number of carbonyl (C=O) groups excluding carboxylic acids is 2. The number of hydrogen-bond acceptors (Lipinski definition) is 4. The number of anilines is 2. The maximum atomic E-state index is 13.5. The van der Waals surface area contributed by atoms with Crippen molar-refractivity contribution in [3.63, 3.8) is 0 Å². The van der Waals surface area contributed by atoms with Gasteiger partial charge in [0.1, 0.15) is 5.82 Å². The zero-order valence-electron chi connectivity index (χ0n) is 15.3. The summed E-state index contributed by atoms with van der Waals surface area (Å²) < 4.78 is 0. The second-order valence-electron chi connectivity index (χ2n) is 6.57. The molecular formula is C21H19N5O2. The number of para-hydroxylation sites is 1. The predicted molar refractivity (Wildman–Crippen MR) is 105 cm³/mol. The van der Waals surface area contributed by atoms with Gasteiger partial charge in [-0.1, -0.05) is 18.2 Å². The third-order valence-electron chi connectivity index (χ3n) is 4.92. The van der Waals surface area contributed by atoms with Crippen molar-refractivity contribution in [1.29, 1.82) is 0 Å². The Balaban J connectivity index is 1.84. The molecule has 0 fully saturated rings. The number of amides is 3. The highest BCUT2D eigenvalue weighted by molar-refractivity contribution is 6.08. The molecule has 1 aromatic carbocycles. The smallest absolute Gasteiger partial charge is 0.331 e. The van der Waals surface area contributed by atoms with Crippen LogP contribution in [0.1, 0.15) is 34.5 Å². The van der Waals surface area contributed by atoms with Gasteiger partial charge in [-0.3, -0.25) is 9.78 Å². The van der Waals surface area contributed by atoms with Gasteiger partial charge < -0.3 is 10.6 Å². The summed E-state index contributed by atoms with van der Waals surface area (Å²) in [5.74, 6) is -0.0837. The average molecular weight is 373 g/mol. The fraction of sp³-hybridized carbons (Fsp3) is 0.143. The van der Waals surface area contributed by atoms with Gasteiger partial charge in [0, 0.05) is 24.2 Å². The largest absolute Gasteiger partial charge is 0.366 e. The van der Waals surface area contributed by atoms with E-state index in [2.05, 4.69) is 9.97 Å². The van der Waals surface area contributed by atoms with E-state index in [-0.39, 0.29) is 17.6 Å². The molecule has 7 nitrogen and oxygen atoms in total. The third kappa shape index (κ3) is 2.96. The number of benzene rings is 1. The van der Waals surface area contributed by atoms with E-state index in [0.717, 1.165) is 11.1 Å². The predicted octanol–water partition coefficient (Wildman–Crippen LogP) is 3.41. The van der Waals surface area contributed by atoms with Gasteiger partial charge in [-0.25, -0.2) is 14.7 Å². The standard InChI is InChI=1S/C21H19N5O2/c1-14(15-8-11-23-12-9-15)25-13-16-5-4-10-24-20(16)26(21(25)28)18-7-3-2-6-17(18)19(22)27/h2-12,14H,13H2,1H3,(H2,22,27). The molecule has 0 bridgehead atoms. The molecule has 1 aliphatic rings. The third-order valence-corrected chi connectivity index (χ3v) is 4.92. The number of fused-ring (bicyclic) bond motifs is 1. The van der Waals surface area contributed by atoms with Crippen LogP contribution in [-0.2, 0) is 6.54 Å². The number of carbonyl (C=O) groups is 2. The zero-order valence-corrected chi connectivity index (χ0v) is 15.3. The van der Waals surface area contributed by atoms with Gasteiger partial charge in [-0.15, -0.1) is 0 Å². The Morgan fingerprint density at radius 3 is 2.57 bits per heavy atom. The molecule has 0 radical (unpaired) electrons. The molecule has 3 amide bonds. The van der Waals surface area contributed by atoms with E-state index in [9.17, 15) is 9.59 Å². The van der Waals surface area contributed by atoms with Gasteiger partial charge in [0.2, 0.25) is 0 Å². The molecule has 4 rings (SSSR count). The van der Waals surface area contributed by atoms with E-state index in [4.69, 9.17) is 5.73 Å². The van der Waals surface area contributed by atoms with Gasteiger partial charge in [0.15, 0.2) is 0 Å². The first-order chi connectivity index (χ1) is 13.6. The lowest BCUT2D eigenvalue weighted by Crippen LogP contribution is -2.46. The minimum Gasteiger partial charge on any atom is -0.366 e. The first-order valence-corrected chi connectivity index (χ1v) is 8.91. The Morgan fingerprint density at radius 2 is 1.82 bits per heavy atom. The lowest BCUT2D eigenvalue weighted by Gasteiger charge is -2.39. The molecule has 28 heavy (non-hydrogen) atoms. The van der Waals surface area contributed by atoms with Crippen LogP contribution in [0.15, 0.2) is 67.1 Å². The Kier molecular flexibility index (Phi) is 4.49. The summed E-state index contributed by atoms with van der Waals surface area (Å²) in [6.07, 6.45) is 5.04. The van der Waals surface area contributed by atoms with Crippen molar-refractivity contribution < 1.29 is 9.59 Å². The summed E-state index contributed by atoms with van der Waals surface area (Å²) in [4.78, 5) is 37.2. The molecule has 0 spiro atoms. The summed E-state index contributed by atoms with van der Waals surface area (Å²) in [6.45, 7) is 2.38. The molecule has 1 unspecified atom stereocenters. The van der Waals surface area contributed by atoms with E-state index in [1.807, 2.05) is 31.2 Å². The second kappa shape index (κ2) is 7.11. The Labute approximate surface area is 162 Å². The molecule has 3 heterocycles. The SMILES string of the molecule is CC(c1ccncc1)N1Cc2cccnc2N(c2ccccc2C(N)=O)C1=O. The van der Waals surface area contributed by atoms with E-state index < -0.39 is 5.91 Å². The molecular weight excluding hydrogens is 354 g/mol. The Hall–Kier alpha value is -3.74. The van der Waals surface area contributed by atoms with E-state index in [0.29, 0.717) is 18.1 Å². The molecule has 2 N–H and O–H groups in total. The van der Waals surface area contributed by atoms with Gasteiger partial charge >= 0.3 is 6.03 Å². The minimum atomic E-state index is -0.597. The minimum absolute atomic E-state index is 0.188. The maximum Gasteiger partial charge on any atom is 0.331 e. The molecule has 0 saturated heterocycles. The first kappa shape index (κ1) is 17.7. The van der Waals surface area contributed by atoms with Crippen LogP contribution >= 0.6 is 0 Å². The van der Waals surface area contributed by atoms with E-state index in [1.54, 1.807) is 47.8 Å². The highest BCUT2D eigenvalue weighted by Gasteiger charge is 2.36. The lowest BCUT2D eigenvalue weighted by atomic mass is 10.0. The summed E-state index contributed by atoms with van der Waals surface area (Å²) >= 11 is 0. The lowest BCUT2D eigenvalue weighted by molar-refractivity contribution is 0.100. The number of nitrogens with zero attached hydrogens (tertiary/aromatic N) is 4. The molecule has 3 aromatic rings. The number of urea groups is 1. The molecule has 0 saturated carbocycles. The van der Waals surface area contributed by atoms with E-state index in [1.165, 1.54) is 4.90 Å². The number of aromatic nitrogens is 2. The van der Waals surface area contributed by atoms with Crippen LogP contribution in [0.3, 0.4) is 0 Å². The monoisotopic (exact) mass is 373 g/mol. The molecule has 140 valence electrons. The first-order valence-electron chi connectivity index (χ1n) is 8.91. The number of pyridine rings is 2. The van der Waals surface area contributed by atoms with Crippen LogP contribution in [0.2, 0.25) is 0 Å². The van der Waals surface area contributed by atoms with Crippen molar-refractivity contribution >= 4 is 23.4 Å². The normalized spacial score (nSPS) is 14.5. The number of hydrogen-bond donors (Lipinski definition) is 1. The van der Waals surface area contributed by atoms with Crippen molar-refractivity contribution in [3.05, 3.63) is 83.8 Å². The fourth-order valence-electron chi connectivity index (χ4n) is 3.44. The second-order valence-corrected chi connectivity index (χ2v) is 6.57. The molecule has 7 heteroatoms.